The second-order valence-corrected chi connectivity index (χ2v) is 7.39. The number of hydrogen-bond donors (Lipinski definition) is 2. The second-order valence-electron chi connectivity index (χ2n) is 7.39. The fourth-order valence-electron chi connectivity index (χ4n) is 3.27. The Labute approximate surface area is 196 Å². The molecule has 1 aliphatic rings. The van der Waals surface area contributed by atoms with Gasteiger partial charge in [0.2, 0.25) is 0 Å². The molecule has 2 N–H and O–H groups in total. The van der Waals surface area contributed by atoms with Crippen molar-refractivity contribution in [2.45, 2.75) is 25.9 Å². The van der Waals surface area contributed by atoms with E-state index in [1.807, 2.05) is 30.5 Å². The molecule has 1 saturated heterocycles. The molecule has 0 aliphatic carbocycles. The molecule has 162 valence electrons. The van der Waals surface area contributed by atoms with Gasteiger partial charge in [-0.3, -0.25) is 9.79 Å². The lowest BCUT2D eigenvalue weighted by Crippen LogP contribution is -2.36. The zero-order valence-corrected chi connectivity index (χ0v) is 20.2. The molecule has 8 heteroatoms. The summed E-state index contributed by atoms with van der Waals surface area (Å²) in [5, 5.41) is 6.61. The van der Waals surface area contributed by atoms with Gasteiger partial charge in [-0.1, -0.05) is 18.2 Å². The van der Waals surface area contributed by atoms with Gasteiger partial charge in [0.1, 0.15) is 5.82 Å². The van der Waals surface area contributed by atoms with Gasteiger partial charge in [0.05, 0.1) is 0 Å². The van der Waals surface area contributed by atoms with Crippen LogP contribution in [0.5, 0.6) is 0 Å². The molecular weight excluding hydrogens is 491 g/mol. The van der Waals surface area contributed by atoms with E-state index in [-0.39, 0.29) is 29.9 Å². The Bertz CT molecular complexity index is 830. The Morgan fingerprint density at radius 2 is 1.63 bits per heavy atom. The Balaban J connectivity index is 0.00000320. The summed E-state index contributed by atoms with van der Waals surface area (Å²) in [7, 11) is 5.26. The van der Waals surface area contributed by atoms with Crippen LogP contribution in [0.15, 0.2) is 47.6 Å². The summed E-state index contributed by atoms with van der Waals surface area (Å²) in [6.07, 6.45) is 4.43. The summed E-state index contributed by atoms with van der Waals surface area (Å²) in [5.74, 6) is 1.79. The normalized spacial score (nSPS) is 13.6. The van der Waals surface area contributed by atoms with Gasteiger partial charge >= 0.3 is 0 Å². The maximum atomic E-state index is 12.0. The van der Waals surface area contributed by atoms with E-state index < -0.39 is 0 Å². The number of nitrogens with one attached hydrogen (secondary N) is 2. The van der Waals surface area contributed by atoms with Crippen LogP contribution in [-0.4, -0.2) is 56.0 Å². The third-order valence-electron chi connectivity index (χ3n) is 4.99. The predicted octanol–water partition coefficient (Wildman–Crippen LogP) is 2.87. The minimum absolute atomic E-state index is 0. The number of guanidine groups is 1. The van der Waals surface area contributed by atoms with Gasteiger partial charge in [-0.05, 0) is 42.2 Å². The van der Waals surface area contributed by atoms with Crippen LogP contribution in [0.25, 0.3) is 0 Å². The van der Waals surface area contributed by atoms with Crippen molar-refractivity contribution >= 4 is 41.7 Å². The van der Waals surface area contributed by atoms with Crippen molar-refractivity contribution in [2.75, 3.05) is 39.1 Å². The first-order valence-corrected chi connectivity index (χ1v) is 10.0. The largest absolute Gasteiger partial charge is 0.357 e. The Morgan fingerprint density at radius 3 is 2.17 bits per heavy atom. The summed E-state index contributed by atoms with van der Waals surface area (Å²) in [6, 6.07) is 11.8. The van der Waals surface area contributed by atoms with Gasteiger partial charge in [0.25, 0.3) is 5.91 Å². The molecule has 1 amide bonds. The quantitative estimate of drug-likeness (QED) is 0.347. The number of anilines is 1. The Morgan fingerprint density at radius 1 is 1.03 bits per heavy atom. The Kier molecular flexibility index (Phi) is 9.35. The van der Waals surface area contributed by atoms with E-state index in [4.69, 9.17) is 0 Å². The maximum absolute atomic E-state index is 12.0. The summed E-state index contributed by atoms with van der Waals surface area (Å²) >= 11 is 0. The minimum atomic E-state index is 0. The molecule has 1 aliphatic heterocycles. The molecule has 0 spiro atoms. The van der Waals surface area contributed by atoms with Crippen molar-refractivity contribution in [3.05, 3.63) is 59.3 Å². The van der Waals surface area contributed by atoms with Crippen LogP contribution < -0.4 is 15.5 Å². The first kappa shape index (κ1) is 23.9. The maximum Gasteiger partial charge on any atom is 0.253 e. The van der Waals surface area contributed by atoms with Gasteiger partial charge < -0.3 is 20.4 Å². The average molecular weight is 522 g/mol. The Hall–Kier alpha value is -2.36. The van der Waals surface area contributed by atoms with Crippen LogP contribution in [0.3, 0.4) is 0 Å². The van der Waals surface area contributed by atoms with Crippen molar-refractivity contribution in [3.8, 4) is 0 Å². The lowest BCUT2D eigenvalue weighted by atomic mass is 10.1. The third-order valence-corrected chi connectivity index (χ3v) is 4.99. The van der Waals surface area contributed by atoms with Gasteiger partial charge in [-0.15, -0.1) is 24.0 Å². The highest BCUT2D eigenvalue weighted by Gasteiger charge is 2.13. The van der Waals surface area contributed by atoms with E-state index in [2.05, 4.69) is 37.6 Å². The van der Waals surface area contributed by atoms with E-state index in [1.165, 1.54) is 12.8 Å². The van der Waals surface area contributed by atoms with Crippen molar-refractivity contribution in [2.24, 2.45) is 4.99 Å². The van der Waals surface area contributed by atoms with Crippen LogP contribution in [0, 0.1) is 0 Å². The SMILES string of the molecule is CN=C(NCc1ccc(C(=O)N(C)C)cc1)NCc1ccc(N2CCCC2)nc1.I. The topological polar surface area (TPSA) is 72.9 Å². The minimum Gasteiger partial charge on any atom is -0.357 e. The predicted molar refractivity (Wildman–Crippen MR) is 133 cm³/mol. The number of nitrogens with zero attached hydrogens (tertiary/aromatic N) is 4. The number of carbonyl (C=O) groups excluding carboxylic acids is 1. The molecular formula is C22H31IN6O. The van der Waals surface area contributed by atoms with Crippen LogP contribution in [0.4, 0.5) is 5.82 Å². The number of hydrogen-bond acceptors (Lipinski definition) is 4. The van der Waals surface area contributed by atoms with E-state index >= 15 is 0 Å². The van der Waals surface area contributed by atoms with Gasteiger partial charge in [-0.2, -0.15) is 0 Å². The molecule has 1 aromatic heterocycles. The number of carbonyl (C=O) groups is 1. The molecule has 7 nitrogen and oxygen atoms in total. The fraction of sp³-hybridized carbons (Fsp3) is 0.409. The zero-order chi connectivity index (χ0) is 20.6. The number of aromatic nitrogens is 1. The van der Waals surface area contributed by atoms with Crippen LogP contribution in [-0.2, 0) is 13.1 Å². The lowest BCUT2D eigenvalue weighted by Gasteiger charge is -2.16. The first-order chi connectivity index (χ1) is 14.1. The summed E-state index contributed by atoms with van der Waals surface area (Å²) in [5.41, 5.74) is 2.88. The van der Waals surface area contributed by atoms with Crippen molar-refractivity contribution < 1.29 is 4.79 Å². The summed E-state index contributed by atoms with van der Waals surface area (Å²) in [4.78, 5) is 24.7. The highest BCUT2D eigenvalue weighted by atomic mass is 127. The molecule has 2 heterocycles. The van der Waals surface area contributed by atoms with Crippen molar-refractivity contribution in [1.82, 2.24) is 20.5 Å². The van der Waals surface area contributed by atoms with Gasteiger partial charge in [-0.25, -0.2) is 4.98 Å². The number of halogens is 1. The molecule has 2 aromatic rings. The molecule has 0 bridgehead atoms. The number of amides is 1. The molecule has 1 fully saturated rings. The number of pyridine rings is 1. The molecule has 0 atom stereocenters. The van der Waals surface area contributed by atoms with Crippen LogP contribution >= 0.6 is 24.0 Å². The smallest absolute Gasteiger partial charge is 0.253 e. The molecule has 0 unspecified atom stereocenters. The molecule has 1 aromatic carbocycles. The van der Waals surface area contributed by atoms with Crippen LogP contribution in [0.2, 0.25) is 0 Å². The monoisotopic (exact) mass is 522 g/mol. The first-order valence-electron chi connectivity index (χ1n) is 10.0. The van der Waals surface area contributed by atoms with E-state index in [0.29, 0.717) is 18.7 Å². The summed E-state index contributed by atoms with van der Waals surface area (Å²) < 4.78 is 0. The molecule has 30 heavy (non-hydrogen) atoms. The lowest BCUT2D eigenvalue weighted by molar-refractivity contribution is 0.0827. The highest BCUT2D eigenvalue weighted by Crippen LogP contribution is 2.17. The van der Waals surface area contributed by atoms with Gasteiger partial charge in [0.15, 0.2) is 5.96 Å². The number of aliphatic imine (C=N–C) groups is 1. The van der Waals surface area contributed by atoms with E-state index in [0.717, 1.165) is 36.0 Å². The van der Waals surface area contributed by atoms with Crippen molar-refractivity contribution in [1.29, 1.82) is 0 Å². The van der Waals surface area contributed by atoms with E-state index in [9.17, 15) is 4.79 Å². The zero-order valence-electron chi connectivity index (χ0n) is 17.9. The molecule has 3 rings (SSSR count). The van der Waals surface area contributed by atoms with Crippen LogP contribution in [0.1, 0.15) is 34.3 Å². The van der Waals surface area contributed by atoms with E-state index in [1.54, 1.807) is 26.0 Å². The summed E-state index contributed by atoms with van der Waals surface area (Å²) in [6.45, 7) is 3.49. The molecule has 0 saturated carbocycles. The highest BCUT2D eigenvalue weighted by molar-refractivity contribution is 14.0. The fourth-order valence-corrected chi connectivity index (χ4v) is 3.27. The van der Waals surface area contributed by atoms with Crippen molar-refractivity contribution in [3.63, 3.8) is 0 Å². The van der Waals surface area contributed by atoms with Gasteiger partial charge in [0, 0.05) is 59.1 Å². The molecule has 0 radical (unpaired) electrons. The average Bonchev–Trinajstić information content (AvgIpc) is 3.29. The third kappa shape index (κ3) is 6.58. The second kappa shape index (κ2) is 11.7. The number of rotatable bonds is 6. The standard InChI is InChI=1S/C22H30N6O.HI/c1-23-22(25-14-17-6-9-19(10-7-17)21(29)27(2)3)26-16-18-8-11-20(24-15-18)28-12-4-5-13-28;/h6-11,15H,4-5,12-14,16H2,1-3H3,(H2,23,25,26);1H. The number of benzene rings is 1.